The number of hydrogen-bond acceptors (Lipinski definition) is 6. The fraction of sp³-hybridized carbons (Fsp3) is 0.300. The number of nitrogens with zero attached hydrogens (tertiary/aromatic N) is 3. The summed E-state index contributed by atoms with van der Waals surface area (Å²) in [5.74, 6) is -1.07. The molecule has 8 heteroatoms. The van der Waals surface area contributed by atoms with Gasteiger partial charge in [0, 0.05) is 36.3 Å². The highest BCUT2D eigenvalue weighted by atomic mass is 32.1. The smallest absolute Gasteiger partial charge is 0.311 e. The van der Waals surface area contributed by atoms with E-state index in [1.54, 1.807) is 16.5 Å². The van der Waals surface area contributed by atoms with E-state index >= 15 is 0 Å². The van der Waals surface area contributed by atoms with Crippen molar-refractivity contribution in [2.24, 2.45) is 5.92 Å². The zero-order chi connectivity index (χ0) is 19.7. The summed E-state index contributed by atoms with van der Waals surface area (Å²) in [6.07, 6.45) is 2.70. The maximum Gasteiger partial charge on any atom is 0.311 e. The van der Waals surface area contributed by atoms with E-state index in [-0.39, 0.29) is 24.5 Å². The van der Waals surface area contributed by atoms with E-state index in [0.29, 0.717) is 17.2 Å². The molecule has 0 radical (unpaired) electrons. The number of fused-ring (bicyclic) bond motifs is 1. The van der Waals surface area contributed by atoms with Crippen LogP contribution in [0.25, 0.3) is 4.96 Å². The summed E-state index contributed by atoms with van der Waals surface area (Å²) in [7, 11) is 0. The van der Waals surface area contributed by atoms with E-state index in [2.05, 4.69) is 11.9 Å². The minimum atomic E-state index is -0.523. The van der Waals surface area contributed by atoms with Crippen LogP contribution in [0.2, 0.25) is 0 Å². The molecule has 0 aliphatic carbocycles. The van der Waals surface area contributed by atoms with E-state index in [1.165, 1.54) is 27.4 Å². The summed E-state index contributed by atoms with van der Waals surface area (Å²) in [6.45, 7) is 2.28. The molecule has 7 nitrogen and oxygen atoms in total. The zero-order valence-corrected chi connectivity index (χ0v) is 16.1. The summed E-state index contributed by atoms with van der Waals surface area (Å²) >= 11 is 1.34. The van der Waals surface area contributed by atoms with Crippen LogP contribution in [-0.4, -0.2) is 27.8 Å². The molecule has 0 saturated carbocycles. The largest absolute Gasteiger partial charge is 0.459 e. The van der Waals surface area contributed by atoms with Crippen LogP contribution in [0.15, 0.2) is 46.7 Å². The molecule has 1 aliphatic rings. The van der Waals surface area contributed by atoms with Gasteiger partial charge in [0.15, 0.2) is 4.96 Å². The van der Waals surface area contributed by atoms with Gasteiger partial charge in [-0.25, -0.2) is 4.98 Å². The number of thiazole rings is 1. The highest BCUT2D eigenvalue weighted by molar-refractivity contribution is 7.15. The molecule has 1 aromatic carbocycles. The Kier molecular flexibility index (Phi) is 4.95. The van der Waals surface area contributed by atoms with E-state index < -0.39 is 11.9 Å². The van der Waals surface area contributed by atoms with Crippen molar-refractivity contribution in [3.05, 3.63) is 63.5 Å². The molecule has 3 aromatic rings. The number of hydrogen-bond donors (Lipinski definition) is 0. The molecular formula is C20H19N3O4S. The number of esters is 1. The lowest BCUT2D eigenvalue weighted by molar-refractivity contribution is -0.149. The van der Waals surface area contributed by atoms with E-state index in [9.17, 15) is 14.4 Å². The summed E-state index contributed by atoms with van der Waals surface area (Å²) in [5.41, 5.74) is 2.17. The van der Waals surface area contributed by atoms with E-state index in [1.807, 2.05) is 24.3 Å². The number of carbonyl (C=O) groups is 2. The molecule has 1 aliphatic heterocycles. The van der Waals surface area contributed by atoms with Crippen molar-refractivity contribution in [3.8, 4) is 0 Å². The van der Waals surface area contributed by atoms with Crippen LogP contribution in [0.1, 0.15) is 24.6 Å². The van der Waals surface area contributed by atoms with Gasteiger partial charge in [-0.05, 0) is 24.1 Å². The average Bonchev–Trinajstić information content (AvgIpc) is 3.33. The third kappa shape index (κ3) is 3.55. The van der Waals surface area contributed by atoms with Crippen molar-refractivity contribution >= 4 is 33.9 Å². The first-order chi connectivity index (χ1) is 13.5. The minimum Gasteiger partial charge on any atom is -0.459 e. The van der Waals surface area contributed by atoms with E-state index in [0.717, 1.165) is 12.1 Å². The molecular weight excluding hydrogens is 378 g/mol. The van der Waals surface area contributed by atoms with Gasteiger partial charge in [0.25, 0.3) is 5.56 Å². The van der Waals surface area contributed by atoms with Gasteiger partial charge in [0.1, 0.15) is 6.61 Å². The van der Waals surface area contributed by atoms with Crippen LogP contribution in [0.5, 0.6) is 0 Å². The fourth-order valence-electron chi connectivity index (χ4n) is 3.25. The van der Waals surface area contributed by atoms with Gasteiger partial charge in [-0.15, -0.1) is 11.3 Å². The Morgan fingerprint density at radius 2 is 2.07 bits per heavy atom. The van der Waals surface area contributed by atoms with Crippen LogP contribution in [0.3, 0.4) is 0 Å². The number of ether oxygens (including phenoxy) is 1. The maximum absolute atomic E-state index is 12.4. The predicted molar refractivity (Wildman–Crippen MR) is 105 cm³/mol. The molecule has 2 aromatic heterocycles. The SMILES string of the molecule is CCc1ccc(N2C[C@@H](C(=O)OCc3cc(=O)n4ccsc4n3)CC2=O)cc1. The number of rotatable bonds is 5. The molecule has 1 saturated heterocycles. The van der Waals surface area contributed by atoms with Crippen molar-refractivity contribution in [2.45, 2.75) is 26.4 Å². The fourth-order valence-corrected chi connectivity index (χ4v) is 3.99. The number of anilines is 1. The van der Waals surface area contributed by atoms with Gasteiger partial charge in [-0.1, -0.05) is 19.1 Å². The van der Waals surface area contributed by atoms with Crippen molar-refractivity contribution < 1.29 is 14.3 Å². The second kappa shape index (κ2) is 7.55. The monoisotopic (exact) mass is 397 g/mol. The first kappa shape index (κ1) is 18.4. The third-order valence-electron chi connectivity index (χ3n) is 4.83. The normalized spacial score (nSPS) is 16.7. The molecule has 28 heavy (non-hydrogen) atoms. The second-order valence-corrected chi connectivity index (χ2v) is 7.55. The maximum atomic E-state index is 12.4. The van der Waals surface area contributed by atoms with Crippen molar-refractivity contribution in [1.82, 2.24) is 9.38 Å². The Bertz CT molecular complexity index is 1090. The van der Waals surface area contributed by atoms with Crippen molar-refractivity contribution in [3.63, 3.8) is 0 Å². The molecule has 0 N–H and O–H groups in total. The number of aromatic nitrogens is 2. The second-order valence-electron chi connectivity index (χ2n) is 6.67. The van der Waals surface area contributed by atoms with Crippen molar-refractivity contribution in [2.75, 3.05) is 11.4 Å². The Hall–Kier alpha value is -3.00. The lowest BCUT2D eigenvalue weighted by atomic mass is 10.1. The molecule has 1 fully saturated rings. The first-order valence-corrected chi connectivity index (χ1v) is 9.95. The molecule has 0 bridgehead atoms. The molecule has 4 rings (SSSR count). The topological polar surface area (TPSA) is 81.0 Å². The van der Waals surface area contributed by atoms with Crippen LogP contribution in [-0.2, 0) is 27.4 Å². The van der Waals surface area contributed by atoms with E-state index in [4.69, 9.17) is 4.74 Å². The van der Waals surface area contributed by atoms with Gasteiger partial charge >= 0.3 is 5.97 Å². The van der Waals surface area contributed by atoms with Gasteiger partial charge < -0.3 is 9.64 Å². The van der Waals surface area contributed by atoms with Crippen molar-refractivity contribution in [1.29, 1.82) is 0 Å². The van der Waals surface area contributed by atoms with Crippen LogP contribution < -0.4 is 10.5 Å². The molecule has 144 valence electrons. The summed E-state index contributed by atoms with van der Waals surface area (Å²) in [6, 6.07) is 9.13. The predicted octanol–water partition coefficient (Wildman–Crippen LogP) is 2.41. The number of amides is 1. The van der Waals surface area contributed by atoms with Gasteiger partial charge in [-0.2, -0.15) is 0 Å². The Morgan fingerprint density at radius 1 is 1.29 bits per heavy atom. The summed E-state index contributed by atoms with van der Waals surface area (Å²) < 4.78 is 6.78. The Morgan fingerprint density at radius 3 is 2.82 bits per heavy atom. The highest BCUT2D eigenvalue weighted by Gasteiger charge is 2.36. The van der Waals surface area contributed by atoms with Gasteiger partial charge in [0.2, 0.25) is 5.91 Å². The Labute approximate surface area is 165 Å². The third-order valence-corrected chi connectivity index (χ3v) is 5.59. The first-order valence-electron chi connectivity index (χ1n) is 9.07. The lowest BCUT2D eigenvalue weighted by Gasteiger charge is -2.17. The highest BCUT2D eigenvalue weighted by Crippen LogP contribution is 2.26. The van der Waals surface area contributed by atoms with Crippen LogP contribution in [0, 0.1) is 5.92 Å². The summed E-state index contributed by atoms with van der Waals surface area (Å²) in [5, 5.41) is 1.77. The number of benzene rings is 1. The molecule has 0 unspecified atom stereocenters. The Balaban J connectivity index is 1.40. The standard InChI is InChI=1S/C20H19N3O4S/c1-2-13-3-5-16(6-4-13)23-11-14(9-17(23)24)19(26)27-12-15-10-18(25)22-7-8-28-20(22)21-15/h3-8,10,14H,2,9,11-12H2,1H3/t14-/m0/s1. The van der Waals surface area contributed by atoms with Crippen LogP contribution in [0.4, 0.5) is 5.69 Å². The zero-order valence-electron chi connectivity index (χ0n) is 15.3. The van der Waals surface area contributed by atoms with Gasteiger partial charge in [-0.3, -0.25) is 18.8 Å². The minimum absolute atomic E-state index is 0.0850. The molecule has 1 atom stereocenters. The molecule has 1 amide bonds. The van der Waals surface area contributed by atoms with Gasteiger partial charge in [0.05, 0.1) is 11.6 Å². The average molecular weight is 397 g/mol. The quantitative estimate of drug-likeness (QED) is 0.618. The van der Waals surface area contributed by atoms with Crippen LogP contribution >= 0.6 is 11.3 Å². The molecule has 3 heterocycles. The summed E-state index contributed by atoms with van der Waals surface area (Å²) in [4.78, 5) is 43.2. The number of aryl methyl sites for hydroxylation is 1. The lowest BCUT2D eigenvalue weighted by Crippen LogP contribution is -2.26. The number of carbonyl (C=O) groups excluding carboxylic acids is 2. The molecule has 0 spiro atoms.